The van der Waals surface area contributed by atoms with Gasteiger partial charge in [-0.2, -0.15) is 0 Å². The Morgan fingerprint density at radius 3 is 2.00 bits per heavy atom. The molecule has 1 heterocycles. The highest BCUT2D eigenvalue weighted by molar-refractivity contribution is 14.1. The van der Waals surface area contributed by atoms with E-state index in [-0.39, 0.29) is 5.91 Å². The van der Waals surface area contributed by atoms with E-state index in [9.17, 15) is 15.0 Å². The molecule has 0 fully saturated rings. The van der Waals surface area contributed by atoms with Crippen LogP contribution in [0.5, 0.6) is 0 Å². The van der Waals surface area contributed by atoms with Crippen LogP contribution >= 0.6 is 22.6 Å². The summed E-state index contributed by atoms with van der Waals surface area (Å²) in [6, 6.07) is 10.9. The first-order valence-corrected chi connectivity index (χ1v) is 18.1. The van der Waals surface area contributed by atoms with Gasteiger partial charge in [-0.1, -0.05) is 53.7 Å². The predicted molar refractivity (Wildman–Crippen MR) is 143 cm³/mol. The van der Waals surface area contributed by atoms with Crippen molar-refractivity contribution in [1.29, 1.82) is 0 Å². The van der Waals surface area contributed by atoms with Crippen LogP contribution in [0.3, 0.4) is 0 Å². The molecule has 182 valence electrons. The van der Waals surface area contributed by atoms with E-state index >= 15 is 0 Å². The Morgan fingerprint density at radius 1 is 1.00 bits per heavy atom. The second-order valence-electron chi connectivity index (χ2n) is 8.73. The van der Waals surface area contributed by atoms with E-state index in [0.717, 1.165) is 45.5 Å². The molecular weight excluding hydrogens is 553 g/mol. The molecule has 0 unspecified atom stereocenters. The summed E-state index contributed by atoms with van der Waals surface area (Å²) in [6.07, 6.45) is -2.21. The van der Waals surface area contributed by atoms with Crippen molar-refractivity contribution in [2.24, 2.45) is 0 Å². The smallest absolute Gasteiger partial charge is 0.263 e. The number of hydrogen-bond acceptors (Lipinski definition) is 5. The fourth-order valence-electron chi connectivity index (χ4n) is 4.84. The van der Waals surface area contributed by atoms with Crippen LogP contribution in [0.4, 0.5) is 5.69 Å². The lowest BCUT2D eigenvalue weighted by molar-refractivity contribution is -0.155. The van der Waals surface area contributed by atoms with Crippen molar-refractivity contribution in [1.82, 2.24) is 0 Å². The van der Waals surface area contributed by atoms with Gasteiger partial charge in [0.15, 0.2) is 22.2 Å². The van der Waals surface area contributed by atoms with E-state index in [1.807, 2.05) is 18.2 Å². The molecule has 0 saturated carbocycles. The number of carbonyl (C=O) groups is 1. The van der Waals surface area contributed by atoms with E-state index in [2.05, 4.69) is 69.5 Å². The molecule has 1 aliphatic rings. The first kappa shape index (κ1) is 27.9. The monoisotopic (exact) mass is 593 g/mol. The molecule has 3 N–H and O–H groups in total. The van der Waals surface area contributed by atoms with Crippen LogP contribution < -0.4 is 5.32 Å². The summed E-state index contributed by atoms with van der Waals surface area (Å²) in [4.78, 5) is 13.9. The molecule has 0 spiro atoms. The van der Waals surface area contributed by atoms with Crippen LogP contribution in [0.25, 0.3) is 0 Å². The molecule has 0 radical (unpaired) electrons. The summed E-state index contributed by atoms with van der Waals surface area (Å²) in [5.41, 5.74) is -0.0462. The van der Waals surface area contributed by atoms with Crippen molar-refractivity contribution in [3.8, 4) is 0 Å². The topological polar surface area (TPSA) is 88.0 Å². The minimum Gasteiger partial charge on any atom is -0.407 e. The van der Waals surface area contributed by atoms with Crippen molar-refractivity contribution in [3.05, 3.63) is 27.3 Å². The van der Waals surface area contributed by atoms with Gasteiger partial charge in [0.1, 0.15) is 12.2 Å². The molecule has 0 bridgehead atoms. The summed E-state index contributed by atoms with van der Waals surface area (Å²) in [6.45, 7) is 12.2. The molecule has 1 aromatic rings. The van der Waals surface area contributed by atoms with E-state index in [1.54, 1.807) is 0 Å². The fourth-order valence-corrected chi connectivity index (χ4v) is 11.3. The van der Waals surface area contributed by atoms with Crippen molar-refractivity contribution < 1.29 is 23.9 Å². The Balaban J connectivity index is 2.82. The van der Waals surface area contributed by atoms with Gasteiger partial charge in [0, 0.05) is 9.13 Å². The summed E-state index contributed by atoms with van der Waals surface area (Å²) in [7, 11) is -4.59. The zero-order valence-corrected chi connectivity index (χ0v) is 24.5. The fraction of sp³-hybridized carbons (Fsp3) is 0.696. The first-order chi connectivity index (χ1) is 15.2. The third-order valence-corrected chi connectivity index (χ3v) is 17.7. The highest BCUT2D eigenvalue weighted by Gasteiger charge is 2.61. The van der Waals surface area contributed by atoms with Gasteiger partial charge in [0.2, 0.25) is 0 Å². The van der Waals surface area contributed by atoms with Crippen molar-refractivity contribution in [2.75, 3.05) is 11.9 Å². The lowest BCUT2D eigenvalue weighted by atomic mass is 9.86. The first-order valence-electron chi connectivity index (χ1n) is 12.0. The predicted octanol–water partition coefficient (Wildman–Crippen LogP) is 5.20. The molecule has 1 aromatic carbocycles. The number of amides is 1. The zero-order valence-electron chi connectivity index (χ0n) is 20.3. The molecule has 2 rings (SSSR count). The summed E-state index contributed by atoms with van der Waals surface area (Å²) in [5, 5.41) is 24.2. The van der Waals surface area contributed by atoms with E-state index in [4.69, 9.17) is 8.85 Å². The van der Waals surface area contributed by atoms with E-state index in [1.165, 1.54) is 0 Å². The van der Waals surface area contributed by atoms with Crippen LogP contribution in [0.1, 0.15) is 47.1 Å². The number of para-hydroxylation sites is 1. The Hall–Kier alpha value is -0.306. The lowest BCUT2D eigenvalue weighted by Gasteiger charge is -2.47. The van der Waals surface area contributed by atoms with E-state index in [0.29, 0.717) is 5.56 Å². The summed E-state index contributed by atoms with van der Waals surface area (Å²) in [5.74, 6) is -0.299. The Bertz CT molecular complexity index is 771. The highest BCUT2D eigenvalue weighted by Crippen LogP contribution is 2.49. The number of aliphatic hydroxyl groups is 2. The maximum atomic E-state index is 13.9. The molecule has 1 aliphatic heterocycles. The zero-order chi connectivity index (χ0) is 24.2. The average Bonchev–Trinajstić information content (AvgIpc) is 3.11. The number of fused-ring (bicyclic) bond motifs is 1. The quantitative estimate of drug-likeness (QED) is 0.216. The molecule has 3 atom stereocenters. The maximum absolute atomic E-state index is 13.9. The third kappa shape index (κ3) is 4.89. The van der Waals surface area contributed by atoms with E-state index < -0.39 is 41.1 Å². The molecule has 0 saturated heterocycles. The maximum Gasteiger partial charge on any atom is 0.263 e. The second kappa shape index (κ2) is 11.4. The van der Waals surface area contributed by atoms with Gasteiger partial charge < -0.3 is 24.4 Å². The standard InChI is InChI=1S/C23H40INO5Si2/c1-7-31(8-2,9-3)29-21(19(27)16-26)23(30-32(10-4,11-5)12-6)17-14-13-15-18(24)20(17)25-22(23)28/h13-15,19,21,26-27H,7-12,16H2,1-6H3,(H,25,28)/t19-,21+,23-/m0/s1. The van der Waals surface area contributed by atoms with Crippen LogP contribution in [0.2, 0.25) is 36.3 Å². The second-order valence-corrected chi connectivity index (χ2v) is 19.3. The average molecular weight is 594 g/mol. The number of carbonyl (C=O) groups excluding carboxylic acids is 1. The van der Waals surface area contributed by atoms with Gasteiger partial charge in [0.25, 0.3) is 5.91 Å². The lowest BCUT2D eigenvalue weighted by Crippen LogP contribution is -2.62. The van der Waals surface area contributed by atoms with Gasteiger partial charge in [-0.05, 0) is 64.9 Å². The molecular formula is C23H40INO5Si2. The van der Waals surface area contributed by atoms with Gasteiger partial charge in [0.05, 0.1) is 12.3 Å². The van der Waals surface area contributed by atoms with Crippen molar-refractivity contribution in [2.45, 2.75) is 95.6 Å². The van der Waals surface area contributed by atoms with Gasteiger partial charge in [-0.15, -0.1) is 0 Å². The number of rotatable bonds is 13. The van der Waals surface area contributed by atoms with Gasteiger partial charge in [-0.3, -0.25) is 4.79 Å². The number of nitrogens with one attached hydrogen (secondary N) is 1. The third-order valence-electron chi connectivity index (χ3n) is 7.55. The van der Waals surface area contributed by atoms with Crippen LogP contribution in [-0.2, 0) is 19.2 Å². The number of anilines is 1. The number of hydrogen-bond donors (Lipinski definition) is 3. The molecule has 0 aliphatic carbocycles. The molecule has 1 amide bonds. The summed E-state index contributed by atoms with van der Waals surface area (Å²) >= 11 is 2.22. The Morgan fingerprint density at radius 2 is 1.53 bits per heavy atom. The molecule has 32 heavy (non-hydrogen) atoms. The molecule has 6 nitrogen and oxygen atoms in total. The number of halogens is 1. The number of benzene rings is 1. The number of aliphatic hydroxyl groups excluding tert-OH is 2. The Kier molecular flexibility index (Phi) is 9.96. The highest BCUT2D eigenvalue weighted by atomic mass is 127. The molecule has 9 heteroatoms. The van der Waals surface area contributed by atoms with Crippen molar-refractivity contribution in [3.63, 3.8) is 0 Å². The summed E-state index contributed by atoms with van der Waals surface area (Å²) < 4.78 is 14.8. The van der Waals surface area contributed by atoms with Gasteiger partial charge >= 0.3 is 0 Å². The van der Waals surface area contributed by atoms with Crippen molar-refractivity contribution >= 4 is 50.8 Å². The Labute approximate surface area is 208 Å². The SMILES string of the molecule is CC[Si](CC)(CC)O[C@H]([C@@H](O)CO)[C@]1(O[Si](CC)(CC)CC)C(=O)Nc2c(I)cccc21. The minimum absolute atomic E-state index is 0.299. The molecule has 0 aromatic heterocycles. The van der Waals surface area contributed by atoms with Gasteiger partial charge in [-0.25, -0.2) is 0 Å². The minimum atomic E-state index is -2.33. The van der Waals surface area contributed by atoms with Crippen LogP contribution in [0, 0.1) is 3.57 Å². The largest absolute Gasteiger partial charge is 0.407 e. The van der Waals surface area contributed by atoms with Crippen LogP contribution in [-0.4, -0.2) is 51.6 Å². The van der Waals surface area contributed by atoms with Crippen LogP contribution in [0.15, 0.2) is 18.2 Å². The normalized spacial score (nSPS) is 20.7.